The number of benzene rings is 2. The van der Waals surface area contributed by atoms with Crippen molar-refractivity contribution in [2.75, 3.05) is 0 Å². The maximum atomic E-state index is 13.2. The van der Waals surface area contributed by atoms with Gasteiger partial charge in [-0.25, -0.2) is 8.78 Å². The average molecular weight is 339 g/mol. The maximum absolute atomic E-state index is 13.2. The van der Waals surface area contributed by atoms with Gasteiger partial charge in [-0.3, -0.25) is 9.59 Å². The Hall–Kier alpha value is -2.47. The lowest BCUT2D eigenvalue weighted by Gasteiger charge is -2.16. The highest BCUT2D eigenvalue weighted by Gasteiger charge is 2.21. The number of carbonyl (C=O) groups excluding carboxylic acids is 2. The van der Waals surface area contributed by atoms with E-state index in [4.69, 9.17) is 17.3 Å². The van der Waals surface area contributed by atoms with Crippen LogP contribution in [0.4, 0.5) is 8.78 Å². The lowest BCUT2D eigenvalue weighted by Crippen LogP contribution is -2.45. The second kappa shape index (κ2) is 7.19. The van der Waals surface area contributed by atoms with Crippen LogP contribution < -0.4 is 11.1 Å². The van der Waals surface area contributed by atoms with Crippen molar-refractivity contribution in [3.05, 3.63) is 70.2 Å². The van der Waals surface area contributed by atoms with Gasteiger partial charge in [0.15, 0.2) is 0 Å². The minimum atomic E-state index is -1.06. The molecule has 2 rings (SSSR count). The van der Waals surface area contributed by atoms with Gasteiger partial charge in [-0.1, -0.05) is 29.8 Å². The van der Waals surface area contributed by atoms with Crippen molar-refractivity contribution < 1.29 is 18.4 Å². The summed E-state index contributed by atoms with van der Waals surface area (Å²) in [5.41, 5.74) is 5.65. The fraction of sp³-hybridized carbons (Fsp3) is 0.125. The Morgan fingerprint density at radius 1 is 1.13 bits per heavy atom. The summed E-state index contributed by atoms with van der Waals surface area (Å²) < 4.78 is 26.3. The number of nitrogens with one attached hydrogen (secondary N) is 1. The molecule has 0 unspecified atom stereocenters. The van der Waals surface area contributed by atoms with Crippen molar-refractivity contribution in [3.63, 3.8) is 0 Å². The molecule has 7 heteroatoms. The Labute approximate surface area is 136 Å². The van der Waals surface area contributed by atoms with E-state index in [0.717, 1.165) is 12.1 Å². The minimum Gasteiger partial charge on any atom is -0.368 e. The molecule has 23 heavy (non-hydrogen) atoms. The van der Waals surface area contributed by atoms with Crippen LogP contribution in [0.3, 0.4) is 0 Å². The second-order valence-electron chi connectivity index (χ2n) is 4.88. The minimum absolute atomic E-state index is 0.0680. The summed E-state index contributed by atoms with van der Waals surface area (Å²) >= 11 is 6.00. The normalized spacial score (nSPS) is 11.8. The van der Waals surface area contributed by atoms with E-state index in [9.17, 15) is 18.4 Å². The summed E-state index contributed by atoms with van der Waals surface area (Å²) in [7, 11) is 0. The molecule has 0 heterocycles. The smallest absolute Gasteiger partial charge is 0.252 e. The molecule has 3 N–H and O–H groups in total. The predicted molar refractivity (Wildman–Crippen MR) is 82.0 cm³/mol. The molecular weight excluding hydrogens is 326 g/mol. The van der Waals surface area contributed by atoms with Gasteiger partial charge in [0.1, 0.15) is 17.7 Å². The lowest BCUT2D eigenvalue weighted by atomic mass is 10.0. The van der Waals surface area contributed by atoms with Crippen LogP contribution in [0.25, 0.3) is 0 Å². The first kappa shape index (κ1) is 16.9. The summed E-state index contributed by atoms with van der Waals surface area (Å²) in [6, 6.07) is 8.09. The fourth-order valence-corrected chi connectivity index (χ4v) is 2.25. The molecule has 0 bridgehead atoms. The number of primary amides is 1. The number of amides is 2. The quantitative estimate of drug-likeness (QED) is 0.879. The van der Waals surface area contributed by atoms with Gasteiger partial charge in [-0.15, -0.1) is 0 Å². The van der Waals surface area contributed by atoms with Crippen LogP contribution in [0, 0.1) is 11.6 Å². The number of halogens is 3. The molecule has 120 valence electrons. The van der Waals surface area contributed by atoms with Gasteiger partial charge in [0.05, 0.1) is 0 Å². The second-order valence-corrected chi connectivity index (χ2v) is 5.29. The number of nitrogens with two attached hydrogens (primary N) is 1. The molecule has 0 saturated carbocycles. The van der Waals surface area contributed by atoms with Gasteiger partial charge in [0, 0.05) is 23.1 Å². The van der Waals surface area contributed by atoms with Crippen LogP contribution in [-0.4, -0.2) is 17.9 Å². The van der Waals surface area contributed by atoms with E-state index in [2.05, 4.69) is 5.32 Å². The molecule has 2 aromatic rings. The summed E-state index contributed by atoms with van der Waals surface area (Å²) in [4.78, 5) is 23.6. The topological polar surface area (TPSA) is 72.2 Å². The highest BCUT2D eigenvalue weighted by molar-refractivity contribution is 6.31. The van der Waals surface area contributed by atoms with Gasteiger partial charge < -0.3 is 11.1 Å². The molecule has 0 aromatic heterocycles. The third kappa shape index (κ3) is 4.50. The van der Waals surface area contributed by atoms with E-state index >= 15 is 0 Å². The van der Waals surface area contributed by atoms with E-state index in [-0.39, 0.29) is 12.0 Å². The van der Waals surface area contributed by atoms with Crippen LogP contribution in [0.2, 0.25) is 5.02 Å². The van der Waals surface area contributed by atoms with Crippen LogP contribution in [0.15, 0.2) is 42.5 Å². The van der Waals surface area contributed by atoms with E-state index < -0.39 is 29.5 Å². The van der Waals surface area contributed by atoms with E-state index in [1.54, 1.807) is 24.3 Å². The largest absolute Gasteiger partial charge is 0.368 e. The molecule has 0 fully saturated rings. The molecule has 0 aliphatic rings. The third-order valence-electron chi connectivity index (χ3n) is 3.16. The molecule has 2 aromatic carbocycles. The molecule has 0 radical (unpaired) electrons. The zero-order valence-electron chi connectivity index (χ0n) is 11.9. The summed E-state index contributed by atoms with van der Waals surface area (Å²) in [6.45, 7) is 0. The first-order chi connectivity index (χ1) is 10.9. The molecule has 0 aliphatic carbocycles. The third-order valence-corrected chi connectivity index (χ3v) is 3.52. The first-order valence-corrected chi connectivity index (χ1v) is 7.04. The zero-order chi connectivity index (χ0) is 17.0. The Kier molecular flexibility index (Phi) is 5.28. The summed E-state index contributed by atoms with van der Waals surface area (Å²) in [6.07, 6.45) is 0.0680. The molecule has 0 aliphatic heterocycles. The van der Waals surface area contributed by atoms with Crippen molar-refractivity contribution in [2.45, 2.75) is 12.5 Å². The number of hydrogen-bond acceptors (Lipinski definition) is 2. The summed E-state index contributed by atoms with van der Waals surface area (Å²) in [5, 5.41) is 2.78. The van der Waals surface area contributed by atoms with E-state index in [1.807, 2.05) is 0 Å². The lowest BCUT2D eigenvalue weighted by molar-refractivity contribution is -0.119. The van der Waals surface area contributed by atoms with Crippen molar-refractivity contribution in [1.29, 1.82) is 0 Å². The molecule has 1 atom stereocenters. The van der Waals surface area contributed by atoms with Gasteiger partial charge in [-0.2, -0.15) is 0 Å². The molecule has 0 saturated heterocycles. The zero-order valence-corrected chi connectivity index (χ0v) is 12.6. The first-order valence-electron chi connectivity index (χ1n) is 6.66. The van der Waals surface area contributed by atoms with Crippen LogP contribution in [-0.2, 0) is 11.2 Å². The van der Waals surface area contributed by atoms with Crippen LogP contribution in [0.1, 0.15) is 15.9 Å². The van der Waals surface area contributed by atoms with Crippen molar-refractivity contribution in [3.8, 4) is 0 Å². The Morgan fingerprint density at radius 2 is 1.74 bits per heavy atom. The standard InChI is InChI=1S/C16H13ClF2N2O2/c17-13-4-2-1-3-9(13)7-14(15(20)22)21-16(23)10-5-11(18)8-12(19)6-10/h1-6,8,14H,7H2,(H2,20,22)(H,21,23)/t14-/m1/s1. The predicted octanol–water partition coefficient (Wildman–Crippen LogP) is 2.44. The molecule has 4 nitrogen and oxygen atoms in total. The number of hydrogen-bond donors (Lipinski definition) is 2. The van der Waals surface area contributed by atoms with Gasteiger partial charge in [-0.05, 0) is 23.8 Å². The molecule has 2 amide bonds. The van der Waals surface area contributed by atoms with Gasteiger partial charge in [0.25, 0.3) is 5.91 Å². The summed E-state index contributed by atoms with van der Waals surface area (Å²) in [5.74, 6) is -3.37. The van der Waals surface area contributed by atoms with Crippen LogP contribution >= 0.6 is 11.6 Å². The Bertz CT molecular complexity index is 732. The number of carbonyl (C=O) groups is 2. The number of rotatable bonds is 5. The van der Waals surface area contributed by atoms with Crippen LogP contribution in [0.5, 0.6) is 0 Å². The molecule has 0 spiro atoms. The van der Waals surface area contributed by atoms with E-state index in [0.29, 0.717) is 16.7 Å². The van der Waals surface area contributed by atoms with Crippen molar-refractivity contribution >= 4 is 23.4 Å². The average Bonchev–Trinajstić information content (AvgIpc) is 2.47. The van der Waals surface area contributed by atoms with Gasteiger partial charge in [0.2, 0.25) is 5.91 Å². The van der Waals surface area contributed by atoms with Crippen molar-refractivity contribution in [1.82, 2.24) is 5.32 Å². The monoisotopic (exact) mass is 338 g/mol. The van der Waals surface area contributed by atoms with E-state index in [1.165, 1.54) is 0 Å². The SMILES string of the molecule is NC(=O)[C@@H](Cc1ccccc1Cl)NC(=O)c1cc(F)cc(F)c1. The fourth-order valence-electron chi connectivity index (χ4n) is 2.03. The Balaban J connectivity index is 2.18. The Morgan fingerprint density at radius 3 is 2.30 bits per heavy atom. The van der Waals surface area contributed by atoms with Crippen molar-refractivity contribution in [2.24, 2.45) is 5.73 Å². The highest BCUT2D eigenvalue weighted by atomic mass is 35.5. The maximum Gasteiger partial charge on any atom is 0.252 e. The highest BCUT2D eigenvalue weighted by Crippen LogP contribution is 2.17. The molecular formula is C16H13ClF2N2O2. The van der Waals surface area contributed by atoms with Gasteiger partial charge >= 0.3 is 0 Å².